The molecule has 3 amide bonds. The number of urea groups is 1. The molecule has 0 aromatic heterocycles. The lowest BCUT2D eigenvalue weighted by Gasteiger charge is -2.41. The summed E-state index contributed by atoms with van der Waals surface area (Å²) in [5.74, 6) is 1.91. The van der Waals surface area contributed by atoms with Crippen molar-refractivity contribution in [2.24, 2.45) is 11.8 Å². The number of anilines is 1. The van der Waals surface area contributed by atoms with Crippen LogP contribution in [-0.2, 0) is 6.54 Å². The number of piperidine rings is 1. The molecule has 6 nitrogen and oxygen atoms in total. The maximum atomic E-state index is 13.2. The van der Waals surface area contributed by atoms with Crippen molar-refractivity contribution in [3.05, 3.63) is 59.7 Å². The number of rotatable bonds is 5. The topological polar surface area (TPSA) is 70.7 Å². The summed E-state index contributed by atoms with van der Waals surface area (Å²) in [4.78, 5) is 27.4. The number of hydrogen-bond donors (Lipinski definition) is 2. The van der Waals surface area contributed by atoms with Crippen molar-refractivity contribution in [2.45, 2.75) is 38.6 Å². The van der Waals surface area contributed by atoms with Gasteiger partial charge in [0.15, 0.2) is 0 Å². The van der Waals surface area contributed by atoms with Crippen molar-refractivity contribution in [3.63, 3.8) is 0 Å². The lowest BCUT2D eigenvalue weighted by atomic mass is 9.75. The van der Waals surface area contributed by atoms with E-state index in [0.717, 1.165) is 31.0 Å². The van der Waals surface area contributed by atoms with Gasteiger partial charge in [0.2, 0.25) is 0 Å². The number of methoxy groups -OCH3 is 1. The van der Waals surface area contributed by atoms with Crippen molar-refractivity contribution in [1.82, 2.24) is 10.2 Å². The normalized spacial score (nSPS) is 20.5. The fourth-order valence-electron chi connectivity index (χ4n) is 4.85. The number of benzene rings is 2. The predicted molar refractivity (Wildman–Crippen MR) is 121 cm³/mol. The molecular formula is C25H31N3O3. The fraction of sp³-hybridized carbons (Fsp3) is 0.440. The molecule has 1 saturated carbocycles. The highest BCUT2D eigenvalue weighted by Gasteiger charge is 2.33. The minimum atomic E-state index is -0.302. The standard InChI is InChI=1S/C25H31N3O3/c1-31-23-15-21(27-25(30)26-16-18-7-3-2-4-8-18)11-12-22(23)24(29)28-14-13-19-9-5-6-10-20(19)17-28/h2-4,7-8,11-12,15,19-20H,5-6,9-10,13-14,16-17H2,1H3,(H2,26,27,30). The minimum Gasteiger partial charge on any atom is -0.496 e. The minimum absolute atomic E-state index is 0.0148. The molecule has 0 bridgehead atoms. The van der Waals surface area contributed by atoms with Gasteiger partial charge in [-0.15, -0.1) is 0 Å². The zero-order chi connectivity index (χ0) is 21.6. The Morgan fingerprint density at radius 1 is 1.03 bits per heavy atom. The van der Waals surface area contributed by atoms with Crippen LogP contribution in [0.2, 0.25) is 0 Å². The number of nitrogens with zero attached hydrogens (tertiary/aromatic N) is 1. The SMILES string of the molecule is COc1cc(NC(=O)NCc2ccccc2)ccc1C(=O)N1CCC2CCCCC2C1. The van der Waals surface area contributed by atoms with Gasteiger partial charge in [-0.25, -0.2) is 4.79 Å². The van der Waals surface area contributed by atoms with E-state index in [-0.39, 0.29) is 11.9 Å². The van der Waals surface area contributed by atoms with Gasteiger partial charge >= 0.3 is 6.03 Å². The zero-order valence-electron chi connectivity index (χ0n) is 18.1. The first-order valence-corrected chi connectivity index (χ1v) is 11.2. The number of ether oxygens (including phenoxy) is 1. The Balaban J connectivity index is 1.38. The molecule has 2 atom stereocenters. The number of fused-ring (bicyclic) bond motifs is 1. The van der Waals surface area contributed by atoms with Gasteiger partial charge < -0.3 is 20.3 Å². The number of carbonyl (C=O) groups is 2. The van der Waals surface area contributed by atoms with E-state index in [1.165, 1.54) is 25.7 Å². The maximum absolute atomic E-state index is 13.2. The third-order valence-electron chi connectivity index (χ3n) is 6.56. The molecule has 164 valence electrons. The van der Waals surface area contributed by atoms with E-state index in [0.29, 0.717) is 29.5 Å². The van der Waals surface area contributed by atoms with Crippen LogP contribution >= 0.6 is 0 Å². The number of nitrogens with one attached hydrogen (secondary N) is 2. The van der Waals surface area contributed by atoms with E-state index in [4.69, 9.17) is 4.74 Å². The Kier molecular flexibility index (Phi) is 6.75. The van der Waals surface area contributed by atoms with Crippen LogP contribution in [0.25, 0.3) is 0 Å². The van der Waals surface area contributed by atoms with Crippen LogP contribution in [0, 0.1) is 11.8 Å². The summed E-state index contributed by atoms with van der Waals surface area (Å²) in [5, 5.41) is 5.65. The van der Waals surface area contributed by atoms with Crippen molar-refractivity contribution < 1.29 is 14.3 Å². The van der Waals surface area contributed by atoms with Crippen molar-refractivity contribution in [3.8, 4) is 5.75 Å². The first-order valence-electron chi connectivity index (χ1n) is 11.2. The van der Waals surface area contributed by atoms with Crippen LogP contribution in [0.3, 0.4) is 0 Å². The van der Waals surface area contributed by atoms with Crippen molar-refractivity contribution in [2.75, 3.05) is 25.5 Å². The number of likely N-dealkylation sites (tertiary alicyclic amines) is 1. The molecule has 2 unspecified atom stereocenters. The highest BCUT2D eigenvalue weighted by atomic mass is 16.5. The van der Waals surface area contributed by atoms with Gasteiger partial charge in [-0.2, -0.15) is 0 Å². The molecule has 4 rings (SSSR count). The Hall–Kier alpha value is -3.02. The highest BCUT2D eigenvalue weighted by Crippen LogP contribution is 2.37. The third-order valence-corrected chi connectivity index (χ3v) is 6.56. The number of carbonyl (C=O) groups excluding carboxylic acids is 2. The van der Waals surface area contributed by atoms with Crippen molar-refractivity contribution in [1.29, 1.82) is 0 Å². The lowest BCUT2D eigenvalue weighted by Crippen LogP contribution is -2.44. The quantitative estimate of drug-likeness (QED) is 0.737. The van der Waals surface area contributed by atoms with Gasteiger partial charge in [0.25, 0.3) is 5.91 Å². The number of hydrogen-bond acceptors (Lipinski definition) is 3. The summed E-state index contributed by atoms with van der Waals surface area (Å²) in [6, 6.07) is 14.6. The van der Waals surface area contributed by atoms with Gasteiger partial charge in [-0.05, 0) is 42.4 Å². The Labute approximate surface area is 184 Å². The second kappa shape index (κ2) is 9.86. The van der Waals surface area contributed by atoms with E-state index in [9.17, 15) is 9.59 Å². The van der Waals surface area contributed by atoms with E-state index < -0.39 is 0 Å². The molecule has 1 saturated heterocycles. The van der Waals surface area contributed by atoms with E-state index >= 15 is 0 Å². The molecule has 1 heterocycles. The fourth-order valence-corrected chi connectivity index (χ4v) is 4.85. The van der Waals surface area contributed by atoms with Crippen LogP contribution in [0.4, 0.5) is 10.5 Å². The summed E-state index contributed by atoms with van der Waals surface area (Å²) < 4.78 is 5.50. The monoisotopic (exact) mass is 421 g/mol. The average Bonchev–Trinajstić information content (AvgIpc) is 2.82. The number of amides is 3. The molecule has 0 radical (unpaired) electrons. The van der Waals surface area contributed by atoms with Crippen LogP contribution in [0.5, 0.6) is 5.75 Å². The maximum Gasteiger partial charge on any atom is 0.319 e. The van der Waals surface area contributed by atoms with Crippen LogP contribution < -0.4 is 15.4 Å². The van der Waals surface area contributed by atoms with Crippen LogP contribution in [0.15, 0.2) is 48.5 Å². The summed E-state index contributed by atoms with van der Waals surface area (Å²) in [6.45, 7) is 2.09. The molecule has 31 heavy (non-hydrogen) atoms. The molecular weight excluding hydrogens is 390 g/mol. The Bertz CT molecular complexity index is 915. The molecule has 2 N–H and O–H groups in total. The Morgan fingerprint density at radius 2 is 1.81 bits per heavy atom. The molecule has 1 aliphatic carbocycles. The Morgan fingerprint density at radius 3 is 2.58 bits per heavy atom. The highest BCUT2D eigenvalue weighted by molar-refractivity contribution is 5.98. The van der Waals surface area contributed by atoms with Gasteiger partial charge in [-0.3, -0.25) is 4.79 Å². The van der Waals surface area contributed by atoms with Gasteiger partial charge in [-0.1, -0.05) is 49.6 Å². The molecule has 0 spiro atoms. The van der Waals surface area contributed by atoms with Gasteiger partial charge in [0.05, 0.1) is 12.7 Å². The van der Waals surface area contributed by atoms with E-state index in [1.807, 2.05) is 35.2 Å². The molecule has 6 heteroatoms. The average molecular weight is 422 g/mol. The molecule has 2 aromatic rings. The molecule has 2 aliphatic rings. The first kappa shape index (κ1) is 21.2. The van der Waals surface area contributed by atoms with Crippen LogP contribution in [0.1, 0.15) is 48.0 Å². The van der Waals surface area contributed by atoms with Gasteiger partial charge in [0, 0.05) is 31.4 Å². The molecule has 1 aliphatic heterocycles. The molecule has 2 fully saturated rings. The van der Waals surface area contributed by atoms with Gasteiger partial charge in [0.1, 0.15) is 5.75 Å². The summed E-state index contributed by atoms with van der Waals surface area (Å²) in [6.07, 6.45) is 6.24. The largest absolute Gasteiger partial charge is 0.496 e. The predicted octanol–water partition coefficient (Wildman–Crippen LogP) is 4.67. The first-order chi connectivity index (χ1) is 15.1. The van der Waals surface area contributed by atoms with Crippen LogP contribution in [-0.4, -0.2) is 37.0 Å². The summed E-state index contributed by atoms with van der Waals surface area (Å²) >= 11 is 0. The van der Waals surface area contributed by atoms with E-state index in [2.05, 4.69) is 10.6 Å². The molecule has 2 aromatic carbocycles. The second-order valence-electron chi connectivity index (χ2n) is 8.55. The third kappa shape index (κ3) is 5.19. The summed E-state index contributed by atoms with van der Waals surface area (Å²) in [5.41, 5.74) is 2.16. The zero-order valence-corrected chi connectivity index (χ0v) is 18.1. The second-order valence-corrected chi connectivity index (χ2v) is 8.55. The van der Waals surface area contributed by atoms with E-state index in [1.54, 1.807) is 25.3 Å². The van der Waals surface area contributed by atoms with Crippen molar-refractivity contribution >= 4 is 17.6 Å². The lowest BCUT2D eigenvalue weighted by molar-refractivity contribution is 0.0518. The summed E-state index contributed by atoms with van der Waals surface area (Å²) in [7, 11) is 1.55. The smallest absolute Gasteiger partial charge is 0.319 e.